The van der Waals surface area contributed by atoms with Gasteiger partial charge in [0.1, 0.15) is 11.4 Å². The van der Waals surface area contributed by atoms with Gasteiger partial charge in [0.25, 0.3) is 5.91 Å². The van der Waals surface area contributed by atoms with E-state index < -0.39 is 0 Å². The Morgan fingerprint density at radius 1 is 1.25 bits per heavy atom. The fourth-order valence-corrected chi connectivity index (χ4v) is 3.39. The van der Waals surface area contributed by atoms with E-state index in [9.17, 15) is 4.79 Å². The maximum atomic E-state index is 13.0. The molecule has 1 amide bonds. The number of hydrogen-bond acceptors (Lipinski definition) is 4. The van der Waals surface area contributed by atoms with Crippen LogP contribution in [0, 0.1) is 6.92 Å². The first-order valence-corrected chi connectivity index (χ1v) is 9.47. The Balaban J connectivity index is 1.75. The number of nitrogens with one attached hydrogen (secondary N) is 2. The molecule has 1 unspecified atom stereocenters. The van der Waals surface area contributed by atoms with Crippen LogP contribution in [0.4, 0.5) is 0 Å². The molecule has 6 heteroatoms. The van der Waals surface area contributed by atoms with Gasteiger partial charge in [-0.25, -0.2) is 4.68 Å². The Kier molecular flexibility index (Phi) is 5.12. The number of amides is 1. The standard InChI is InChI=1S/C22H24N4O2/c1-15-6-8-18(9-7-15)26-14-20(22(27)24-17-10-11-23-13-17)21(25-26)16-4-3-5-19(12-16)28-2/h3-9,12,14,17,23H,10-11,13H2,1-2H3,(H,24,27). The van der Waals surface area contributed by atoms with E-state index in [0.717, 1.165) is 36.5 Å². The average molecular weight is 376 g/mol. The number of hydrogen-bond donors (Lipinski definition) is 2. The summed E-state index contributed by atoms with van der Waals surface area (Å²) in [5.41, 5.74) is 4.13. The highest BCUT2D eigenvalue weighted by molar-refractivity contribution is 6.00. The van der Waals surface area contributed by atoms with Crippen molar-refractivity contribution >= 4 is 5.91 Å². The zero-order chi connectivity index (χ0) is 19.5. The van der Waals surface area contributed by atoms with Crippen molar-refractivity contribution in [3.05, 3.63) is 65.9 Å². The molecule has 0 radical (unpaired) electrons. The Bertz CT molecular complexity index is 972. The summed E-state index contributed by atoms with van der Waals surface area (Å²) in [4.78, 5) is 13.0. The van der Waals surface area contributed by atoms with Crippen molar-refractivity contribution in [3.8, 4) is 22.7 Å². The Morgan fingerprint density at radius 2 is 2.07 bits per heavy atom. The summed E-state index contributed by atoms with van der Waals surface area (Å²) < 4.78 is 7.11. The van der Waals surface area contributed by atoms with E-state index in [1.165, 1.54) is 5.56 Å². The number of ether oxygens (including phenoxy) is 1. The topological polar surface area (TPSA) is 68.2 Å². The minimum absolute atomic E-state index is 0.107. The highest BCUT2D eigenvalue weighted by Crippen LogP contribution is 2.27. The highest BCUT2D eigenvalue weighted by Gasteiger charge is 2.23. The summed E-state index contributed by atoms with van der Waals surface area (Å²) in [6.45, 7) is 3.77. The molecule has 0 bridgehead atoms. The number of carbonyl (C=O) groups is 1. The van der Waals surface area contributed by atoms with Gasteiger partial charge in [-0.3, -0.25) is 4.79 Å². The van der Waals surface area contributed by atoms with Crippen molar-refractivity contribution in [1.82, 2.24) is 20.4 Å². The summed E-state index contributed by atoms with van der Waals surface area (Å²) in [6, 6.07) is 15.8. The van der Waals surface area contributed by atoms with Crippen LogP contribution in [-0.4, -0.2) is 41.9 Å². The lowest BCUT2D eigenvalue weighted by Crippen LogP contribution is -2.36. The van der Waals surface area contributed by atoms with Gasteiger partial charge in [-0.2, -0.15) is 5.10 Å². The van der Waals surface area contributed by atoms with Crippen LogP contribution in [0.3, 0.4) is 0 Å². The lowest BCUT2D eigenvalue weighted by Gasteiger charge is -2.11. The summed E-state index contributed by atoms with van der Waals surface area (Å²) in [5, 5.41) is 11.1. The van der Waals surface area contributed by atoms with Crippen LogP contribution in [0.2, 0.25) is 0 Å². The molecule has 2 aromatic carbocycles. The number of nitrogens with zero attached hydrogens (tertiary/aromatic N) is 2. The molecule has 0 spiro atoms. The van der Waals surface area contributed by atoms with Crippen LogP contribution in [0.15, 0.2) is 54.7 Å². The normalized spacial score (nSPS) is 16.1. The van der Waals surface area contributed by atoms with Gasteiger partial charge in [-0.15, -0.1) is 0 Å². The van der Waals surface area contributed by atoms with Gasteiger partial charge in [0.2, 0.25) is 0 Å². The first-order valence-electron chi connectivity index (χ1n) is 9.47. The second-order valence-corrected chi connectivity index (χ2v) is 7.07. The Labute approximate surface area is 164 Å². The number of carbonyl (C=O) groups excluding carboxylic acids is 1. The second kappa shape index (κ2) is 7.86. The summed E-state index contributed by atoms with van der Waals surface area (Å²) in [5.74, 6) is 0.624. The number of benzene rings is 2. The molecular weight excluding hydrogens is 352 g/mol. The number of aromatic nitrogens is 2. The van der Waals surface area contributed by atoms with Crippen molar-refractivity contribution in [2.24, 2.45) is 0 Å². The zero-order valence-corrected chi connectivity index (χ0v) is 16.1. The molecule has 1 fully saturated rings. The summed E-state index contributed by atoms with van der Waals surface area (Å²) >= 11 is 0. The molecule has 0 aliphatic carbocycles. The van der Waals surface area contributed by atoms with Crippen LogP contribution >= 0.6 is 0 Å². The van der Waals surface area contributed by atoms with E-state index in [0.29, 0.717) is 11.3 Å². The molecule has 1 saturated heterocycles. The molecular formula is C22H24N4O2. The highest BCUT2D eigenvalue weighted by atomic mass is 16.5. The van der Waals surface area contributed by atoms with Crippen molar-refractivity contribution in [3.63, 3.8) is 0 Å². The van der Waals surface area contributed by atoms with Crippen LogP contribution in [0.5, 0.6) is 5.75 Å². The third-order valence-corrected chi connectivity index (χ3v) is 5.00. The molecule has 3 aromatic rings. The van der Waals surface area contributed by atoms with Gasteiger partial charge in [0.05, 0.1) is 18.4 Å². The van der Waals surface area contributed by atoms with Crippen LogP contribution in [0.1, 0.15) is 22.3 Å². The Morgan fingerprint density at radius 3 is 2.79 bits per heavy atom. The maximum Gasteiger partial charge on any atom is 0.255 e. The van der Waals surface area contributed by atoms with Crippen LogP contribution < -0.4 is 15.4 Å². The minimum Gasteiger partial charge on any atom is -0.497 e. The predicted octanol–water partition coefficient (Wildman–Crippen LogP) is 2.95. The summed E-state index contributed by atoms with van der Waals surface area (Å²) in [6.07, 6.45) is 2.74. The van der Waals surface area contributed by atoms with Gasteiger partial charge < -0.3 is 15.4 Å². The third-order valence-electron chi connectivity index (χ3n) is 5.00. The zero-order valence-electron chi connectivity index (χ0n) is 16.1. The van der Waals surface area contributed by atoms with E-state index in [4.69, 9.17) is 9.84 Å². The fraction of sp³-hybridized carbons (Fsp3) is 0.273. The van der Waals surface area contributed by atoms with Crippen molar-refractivity contribution in [1.29, 1.82) is 0 Å². The average Bonchev–Trinajstić information content (AvgIpc) is 3.38. The van der Waals surface area contributed by atoms with Gasteiger partial charge >= 0.3 is 0 Å². The molecule has 2 heterocycles. The van der Waals surface area contributed by atoms with Crippen molar-refractivity contribution < 1.29 is 9.53 Å². The first-order chi connectivity index (χ1) is 13.6. The largest absolute Gasteiger partial charge is 0.497 e. The van der Waals surface area contributed by atoms with Gasteiger partial charge in [-0.1, -0.05) is 29.8 Å². The van der Waals surface area contributed by atoms with Gasteiger partial charge in [0.15, 0.2) is 0 Å². The van der Waals surface area contributed by atoms with Crippen LogP contribution in [-0.2, 0) is 0 Å². The molecule has 0 saturated carbocycles. The van der Waals surface area contributed by atoms with E-state index in [2.05, 4.69) is 10.6 Å². The molecule has 1 aliphatic rings. The molecule has 6 nitrogen and oxygen atoms in total. The van der Waals surface area contributed by atoms with Crippen LogP contribution in [0.25, 0.3) is 16.9 Å². The van der Waals surface area contributed by atoms with Crippen molar-refractivity contribution in [2.75, 3.05) is 20.2 Å². The van der Waals surface area contributed by atoms with Crippen molar-refractivity contribution in [2.45, 2.75) is 19.4 Å². The quantitative estimate of drug-likeness (QED) is 0.718. The summed E-state index contributed by atoms with van der Waals surface area (Å²) in [7, 11) is 1.63. The smallest absolute Gasteiger partial charge is 0.255 e. The molecule has 1 aliphatic heterocycles. The number of methoxy groups -OCH3 is 1. The molecule has 1 aromatic heterocycles. The molecule has 4 rings (SSSR count). The van der Waals surface area contributed by atoms with Gasteiger partial charge in [-0.05, 0) is 44.2 Å². The molecule has 2 N–H and O–H groups in total. The molecule has 28 heavy (non-hydrogen) atoms. The Hall–Kier alpha value is -3.12. The van der Waals surface area contributed by atoms with Gasteiger partial charge in [0, 0.05) is 24.3 Å². The minimum atomic E-state index is -0.107. The fourth-order valence-electron chi connectivity index (χ4n) is 3.39. The van der Waals surface area contributed by atoms with E-state index in [1.54, 1.807) is 18.0 Å². The predicted molar refractivity (Wildman–Crippen MR) is 109 cm³/mol. The third kappa shape index (κ3) is 3.77. The number of rotatable bonds is 5. The molecule has 1 atom stereocenters. The first kappa shape index (κ1) is 18.3. The SMILES string of the molecule is COc1cccc(-c2nn(-c3ccc(C)cc3)cc2C(=O)NC2CCNC2)c1. The van der Waals surface area contributed by atoms with E-state index in [-0.39, 0.29) is 11.9 Å². The second-order valence-electron chi connectivity index (χ2n) is 7.07. The number of aryl methyl sites for hydroxylation is 1. The maximum absolute atomic E-state index is 13.0. The lowest BCUT2D eigenvalue weighted by molar-refractivity contribution is 0.0940. The van der Waals surface area contributed by atoms with E-state index in [1.807, 2.05) is 55.5 Å². The lowest BCUT2D eigenvalue weighted by atomic mass is 10.1. The van der Waals surface area contributed by atoms with E-state index >= 15 is 0 Å². The monoisotopic (exact) mass is 376 g/mol. The molecule has 144 valence electrons.